The molecule has 0 saturated carbocycles. The van der Waals surface area contributed by atoms with E-state index in [2.05, 4.69) is 10.1 Å². The van der Waals surface area contributed by atoms with Crippen molar-refractivity contribution >= 4 is 5.91 Å². The second-order valence-corrected chi connectivity index (χ2v) is 5.93. The normalized spacial score (nSPS) is 18.8. The number of likely N-dealkylation sites (N-methyl/N-ethyl adjacent to an activating group) is 1. The molecule has 128 valence electrons. The topological polar surface area (TPSA) is 62.5 Å². The number of rotatable bonds is 3. The van der Waals surface area contributed by atoms with E-state index >= 15 is 0 Å². The van der Waals surface area contributed by atoms with Gasteiger partial charge in [-0.25, -0.2) is 8.78 Å². The largest absolute Gasteiger partial charge is 0.339 e. The maximum Gasteiger partial charge on any atom is 0.245 e. The van der Waals surface area contributed by atoms with Gasteiger partial charge in [-0.2, -0.15) is 4.98 Å². The first-order valence-corrected chi connectivity index (χ1v) is 7.66. The maximum absolute atomic E-state index is 13.7. The molecule has 0 aliphatic carbocycles. The number of aromatic nitrogens is 2. The van der Waals surface area contributed by atoms with Crippen LogP contribution in [-0.4, -0.2) is 52.5 Å². The van der Waals surface area contributed by atoms with Crippen molar-refractivity contribution in [2.75, 3.05) is 26.7 Å². The first kappa shape index (κ1) is 16.5. The van der Waals surface area contributed by atoms with Crippen molar-refractivity contribution in [2.24, 2.45) is 0 Å². The second kappa shape index (κ2) is 6.64. The fourth-order valence-corrected chi connectivity index (χ4v) is 2.77. The molecule has 0 N–H and O–H groups in total. The molecule has 1 aliphatic heterocycles. The predicted octanol–water partition coefficient (Wildman–Crippen LogP) is 1.71. The molecule has 1 amide bonds. The highest BCUT2D eigenvalue weighted by Gasteiger charge is 2.32. The summed E-state index contributed by atoms with van der Waals surface area (Å²) < 4.78 is 32.2. The van der Waals surface area contributed by atoms with Crippen molar-refractivity contribution < 1.29 is 18.1 Å². The van der Waals surface area contributed by atoms with Gasteiger partial charge in [0.1, 0.15) is 17.7 Å². The summed E-state index contributed by atoms with van der Waals surface area (Å²) in [5.74, 6) is -0.415. The Morgan fingerprint density at radius 2 is 2.17 bits per heavy atom. The van der Waals surface area contributed by atoms with Gasteiger partial charge < -0.3 is 9.42 Å². The van der Waals surface area contributed by atoms with Crippen LogP contribution in [0.2, 0.25) is 0 Å². The molecule has 2 heterocycles. The molecule has 0 radical (unpaired) electrons. The Labute approximate surface area is 138 Å². The molecular formula is C16H18F2N4O2. The van der Waals surface area contributed by atoms with Gasteiger partial charge in [-0.1, -0.05) is 5.16 Å². The standard InChI is InChI=1S/C16H18F2N4O2/c1-10-19-16(24-20-10)14-9-22(6-5-21(14)2)15(23)8-11-7-12(17)3-4-13(11)18/h3-4,7,14H,5-6,8-9H2,1-2H3/t14-/m0/s1. The minimum absolute atomic E-state index is 0.0594. The number of halogens is 2. The van der Waals surface area contributed by atoms with Crippen LogP contribution < -0.4 is 0 Å². The monoisotopic (exact) mass is 336 g/mol. The van der Waals surface area contributed by atoms with Crippen molar-refractivity contribution in [3.63, 3.8) is 0 Å². The van der Waals surface area contributed by atoms with Gasteiger partial charge in [0.05, 0.1) is 6.42 Å². The molecule has 6 nitrogen and oxygen atoms in total. The predicted molar refractivity (Wildman–Crippen MR) is 81.0 cm³/mol. The Bertz CT molecular complexity index is 749. The van der Waals surface area contributed by atoms with Gasteiger partial charge in [-0.05, 0) is 32.2 Å². The maximum atomic E-state index is 13.7. The number of benzene rings is 1. The Kier molecular flexibility index (Phi) is 4.57. The Morgan fingerprint density at radius 3 is 2.88 bits per heavy atom. The van der Waals surface area contributed by atoms with Crippen molar-refractivity contribution in [3.8, 4) is 0 Å². The van der Waals surface area contributed by atoms with Gasteiger partial charge in [0.15, 0.2) is 5.82 Å². The van der Waals surface area contributed by atoms with Crippen LogP contribution in [0.4, 0.5) is 8.78 Å². The fraction of sp³-hybridized carbons (Fsp3) is 0.438. The third kappa shape index (κ3) is 3.43. The van der Waals surface area contributed by atoms with E-state index in [0.29, 0.717) is 31.3 Å². The molecule has 2 aromatic rings. The lowest BCUT2D eigenvalue weighted by Gasteiger charge is -2.37. The molecule has 8 heteroatoms. The molecule has 0 bridgehead atoms. The zero-order valence-electron chi connectivity index (χ0n) is 13.5. The summed E-state index contributed by atoms with van der Waals surface area (Å²) in [5, 5.41) is 3.78. The van der Waals surface area contributed by atoms with Gasteiger partial charge in [-0.3, -0.25) is 9.69 Å². The van der Waals surface area contributed by atoms with Gasteiger partial charge in [0.25, 0.3) is 0 Å². The summed E-state index contributed by atoms with van der Waals surface area (Å²) >= 11 is 0. The molecule has 0 unspecified atom stereocenters. The van der Waals surface area contributed by atoms with E-state index in [-0.39, 0.29) is 23.9 Å². The van der Waals surface area contributed by atoms with Gasteiger partial charge in [0.2, 0.25) is 11.8 Å². The third-order valence-corrected chi connectivity index (χ3v) is 4.18. The van der Waals surface area contributed by atoms with Gasteiger partial charge in [0, 0.05) is 25.2 Å². The van der Waals surface area contributed by atoms with Crippen LogP contribution >= 0.6 is 0 Å². The van der Waals surface area contributed by atoms with E-state index in [0.717, 1.165) is 18.2 Å². The molecular weight excluding hydrogens is 318 g/mol. The quantitative estimate of drug-likeness (QED) is 0.854. The number of aryl methyl sites for hydroxylation is 1. The van der Waals surface area contributed by atoms with Crippen LogP contribution in [0.5, 0.6) is 0 Å². The van der Waals surface area contributed by atoms with Gasteiger partial charge in [-0.15, -0.1) is 0 Å². The average molecular weight is 336 g/mol. The SMILES string of the molecule is Cc1noc([C@@H]2CN(C(=O)Cc3cc(F)ccc3F)CCN2C)n1. The minimum Gasteiger partial charge on any atom is -0.339 e. The van der Waals surface area contributed by atoms with Crippen LogP contribution in [-0.2, 0) is 11.2 Å². The van der Waals surface area contributed by atoms with Crippen LogP contribution in [0.25, 0.3) is 0 Å². The summed E-state index contributed by atoms with van der Waals surface area (Å²) in [6, 6.07) is 2.92. The summed E-state index contributed by atoms with van der Waals surface area (Å²) in [6.07, 6.45) is -0.178. The molecule has 1 fully saturated rings. The summed E-state index contributed by atoms with van der Waals surface area (Å²) in [7, 11) is 1.91. The van der Waals surface area contributed by atoms with E-state index in [9.17, 15) is 13.6 Å². The van der Waals surface area contributed by atoms with Crippen LogP contribution in [0.15, 0.2) is 22.7 Å². The fourth-order valence-electron chi connectivity index (χ4n) is 2.77. The zero-order valence-corrected chi connectivity index (χ0v) is 13.5. The van der Waals surface area contributed by atoms with E-state index in [1.807, 2.05) is 11.9 Å². The Balaban J connectivity index is 1.72. The highest BCUT2D eigenvalue weighted by Crippen LogP contribution is 2.23. The number of carbonyl (C=O) groups excluding carboxylic acids is 1. The van der Waals surface area contributed by atoms with Crippen molar-refractivity contribution in [1.82, 2.24) is 19.9 Å². The molecule has 1 aromatic carbocycles. The number of piperazine rings is 1. The van der Waals surface area contributed by atoms with Crippen molar-refractivity contribution in [1.29, 1.82) is 0 Å². The van der Waals surface area contributed by atoms with Crippen LogP contribution in [0, 0.1) is 18.6 Å². The van der Waals surface area contributed by atoms with Crippen LogP contribution in [0.3, 0.4) is 0 Å². The van der Waals surface area contributed by atoms with Crippen LogP contribution in [0.1, 0.15) is 23.3 Å². The zero-order chi connectivity index (χ0) is 17.3. The highest BCUT2D eigenvalue weighted by molar-refractivity contribution is 5.79. The molecule has 3 rings (SSSR count). The molecule has 1 saturated heterocycles. The molecule has 1 aliphatic rings. The number of carbonyl (C=O) groups is 1. The number of hydrogen-bond acceptors (Lipinski definition) is 5. The number of hydrogen-bond donors (Lipinski definition) is 0. The highest BCUT2D eigenvalue weighted by atomic mass is 19.1. The first-order chi connectivity index (χ1) is 11.4. The second-order valence-electron chi connectivity index (χ2n) is 5.93. The lowest BCUT2D eigenvalue weighted by Crippen LogP contribution is -2.49. The summed E-state index contributed by atoms with van der Waals surface area (Å²) in [5.41, 5.74) is 0.0594. The van der Waals surface area contributed by atoms with E-state index < -0.39 is 11.6 Å². The smallest absolute Gasteiger partial charge is 0.245 e. The third-order valence-electron chi connectivity index (χ3n) is 4.18. The Hall–Kier alpha value is -2.35. The number of amides is 1. The molecule has 1 atom stereocenters. The molecule has 0 spiro atoms. The summed E-state index contributed by atoms with van der Waals surface area (Å²) in [4.78, 5) is 20.3. The molecule has 1 aromatic heterocycles. The Morgan fingerprint density at radius 1 is 1.38 bits per heavy atom. The molecule has 24 heavy (non-hydrogen) atoms. The summed E-state index contributed by atoms with van der Waals surface area (Å²) in [6.45, 7) is 3.23. The first-order valence-electron chi connectivity index (χ1n) is 7.66. The lowest BCUT2D eigenvalue weighted by molar-refractivity contribution is -0.133. The average Bonchev–Trinajstić information content (AvgIpc) is 2.97. The van der Waals surface area contributed by atoms with Gasteiger partial charge >= 0.3 is 0 Å². The van der Waals surface area contributed by atoms with Crippen molar-refractivity contribution in [3.05, 3.63) is 47.1 Å². The number of nitrogens with zero attached hydrogens (tertiary/aromatic N) is 4. The van der Waals surface area contributed by atoms with E-state index in [1.54, 1.807) is 11.8 Å². The lowest BCUT2D eigenvalue weighted by atomic mass is 10.1. The van der Waals surface area contributed by atoms with E-state index in [1.165, 1.54) is 0 Å². The van der Waals surface area contributed by atoms with E-state index in [4.69, 9.17) is 4.52 Å². The van der Waals surface area contributed by atoms with Crippen molar-refractivity contribution in [2.45, 2.75) is 19.4 Å². The minimum atomic E-state index is -0.581.